The molecular weight excluding hydrogens is 226 g/mol. The van der Waals surface area contributed by atoms with Crippen LogP contribution in [0.25, 0.3) is 0 Å². The minimum Gasteiger partial charge on any atom is -0.366 e. The van der Waals surface area contributed by atoms with Crippen LogP contribution in [-0.2, 0) is 4.74 Å². The van der Waals surface area contributed by atoms with Crippen LogP contribution in [0.1, 0.15) is 19.8 Å². The number of fused-ring (bicyclic) bond motifs is 1. The van der Waals surface area contributed by atoms with Crippen molar-refractivity contribution in [2.45, 2.75) is 31.8 Å². The molecule has 4 nitrogen and oxygen atoms in total. The molecule has 0 aromatic carbocycles. The minimum atomic E-state index is 0.00223. The largest absolute Gasteiger partial charge is 0.366 e. The van der Waals surface area contributed by atoms with E-state index in [1.807, 2.05) is 6.92 Å². The van der Waals surface area contributed by atoms with Gasteiger partial charge in [0.05, 0.1) is 25.4 Å². The SMILES string of the molecule is C#CC[C@@H]1COCN2CCN(C(C)C#N)C[C@@H]2C1. The lowest BCUT2D eigenvalue weighted by atomic mass is 9.95. The number of hydrogen-bond donors (Lipinski definition) is 0. The highest BCUT2D eigenvalue weighted by Crippen LogP contribution is 2.23. The maximum Gasteiger partial charge on any atom is 0.0993 e. The third-order valence-corrected chi connectivity index (χ3v) is 3.99. The van der Waals surface area contributed by atoms with Crippen molar-refractivity contribution >= 4 is 0 Å². The van der Waals surface area contributed by atoms with Gasteiger partial charge >= 0.3 is 0 Å². The van der Waals surface area contributed by atoms with Gasteiger partial charge in [0.15, 0.2) is 0 Å². The molecule has 2 rings (SSSR count). The van der Waals surface area contributed by atoms with Gasteiger partial charge in [0.25, 0.3) is 0 Å². The highest BCUT2D eigenvalue weighted by molar-refractivity contribution is 4.95. The Morgan fingerprint density at radius 3 is 3.06 bits per heavy atom. The summed E-state index contributed by atoms with van der Waals surface area (Å²) in [4.78, 5) is 4.65. The van der Waals surface area contributed by atoms with Crippen LogP contribution in [0.4, 0.5) is 0 Å². The first-order valence-electron chi connectivity index (χ1n) is 6.63. The van der Waals surface area contributed by atoms with Gasteiger partial charge in [-0.2, -0.15) is 5.26 Å². The average Bonchev–Trinajstić information content (AvgIpc) is 2.59. The van der Waals surface area contributed by atoms with E-state index in [1.54, 1.807) is 0 Å². The quantitative estimate of drug-likeness (QED) is 0.680. The van der Waals surface area contributed by atoms with E-state index in [9.17, 15) is 0 Å². The first kappa shape index (κ1) is 13.4. The van der Waals surface area contributed by atoms with E-state index < -0.39 is 0 Å². The second kappa shape index (κ2) is 6.20. The predicted molar refractivity (Wildman–Crippen MR) is 69.5 cm³/mol. The molecule has 4 heteroatoms. The van der Waals surface area contributed by atoms with Crippen molar-refractivity contribution in [2.24, 2.45) is 5.92 Å². The standard InChI is InChI=1S/C14H21N3O/c1-3-4-13-7-14-9-16(12(2)8-15)5-6-17(14)11-18-10-13/h1,12-14H,4-7,9-11H2,2H3/t12?,13-,14-/m0/s1. The molecule has 1 unspecified atom stereocenters. The molecule has 0 amide bonds. The van der Waals surface area contributed by atoms with Gasteiger partial charge in [-0.1, -0.05) is 0 Å². The van der Waals surface area contributed by atoms with E-state index in [2.05, 4.69) is 21.8 Å². The van der Waals surface area contributed by atoms with Crippen molar-refractivity contribution in [3.05, 3.63) is 0 Å². The molecular formula is C14H21N3O. The third-order valence-electron chi connectivity index (χ3n) is 3.99. The fourth-order valence-electron chi connectivity index (χ4n) is 2.84. The molecule has 0 saturated carbocycles. The van der Waals surface area contributed by atoms with Gasteiger partial charge < -0.3 is 4.74 Å². The van der Waals surface area contributed by atoms with Crippen LogP contribution in [0, 0.1) is 29.6 Å². The third kappa shape index (κ3) is 3.03. The number of hydrogen-bond acceptors (Lipinski definition) is 4. The number of nitriles is 1. The molecule has 98 valence electrons. The fourth-order valence-corrected chi connectivity index (χ4v) is 2.84. The molecule has 0 bridgehead atoms. The normalized spacial score (nSPS) is 31.7. The van der Waals surface area contributed by atoms with E-state index >= 15 is 0 Å². The van der Waals surface area contributed by atoms with Crippen molar-refractivity contribution in [3.8, 4) is 18.4 Å². The summed E-state index contributed by atoms with van der Waals surface area (Å²) in [6.07, 6.45) is 7.27. The first-order chi connectivity index (χ1) is 8.74. The van der Waals surface area contributed by atoms with Gasteiger partial charge in [-0.15, -0.1) is 12.3 Å². The number of rotatable bonds is 2. The molecule has 2 aliphatic heterocycles. The van der Waals surface area contributed by atoms with Crippen molar-refractivity contribution in [1.29, 1.82) is 5.26 Å². The van der Waals surface area contributed by atoms with Gasteiger partial charge in [0.2, 0.25) is 0 Å². The van der Waals surface area contributed by atoms with Crippen LogP contribution in [0.5, 0.6) is 0 Å². The zero-order chi connectivity index (χ0) is 13.0. The summed E-state index contributed by atoms with van der Waals surface area (Å²) in [7, 11) is 0. The highest BCUT2D eigenvalue weighted by Gasteiger charge is 2.32. The molecule has 0 radical (unpaired) electrons. The Morgan fingerprint density at radius 1 is 1.50 bits per heavy atom. The maximum absolute atomic E-state index is 9.02. The number of ether oxygens (including phenoxy) is 1. The Bertz CT molecular complexity index is 357. The Labute approximate surface area is 109 Å². The topological polar surface area (TPSA) is 39.5 Å². The summed E-state index contributed by atoms with van der Waals surface area (Å²) in [5.41, 5.74) is 0. The Kier molecular flexibility index (Phi) is 4.60. The van der Waals surface area contributed by atoms with E-state index in [1.165, 1.54) is 0 Å². The molecule has 3 atom stereocenters. The molecule has 2 saturated heterocycles. The number of piperazine rings is 1. The second-order valence-corrected chi connectivity index (χ2v) is 5.28. The molecule has 0 aromatic rings. The van der Waals surface area contributed by atoms with Gasteiger partial charge in [-0.05, 0) is 19.3 Å². The van der Waals surface area contributed by atoms with Crippen molar-refractivity contribution in [1.82, 2.24) is 9.80 Å². The van der Waals surface area contributed by atoms with Crippen LogP contribution >= 0.6 is 0 Å². The van der Waals surface area contributed by atoms with Gasteiger partial charge in [0, 0.05) is 32.1 Å². The number of terminal acetylenes is 1. The molecule has 0 aromatic heterocycles. The van der Waals surface area contributed by atoms with E-state index in [-0.39, 0.29) is 6.04 Å². The van der Waals surface area contributed by atoms with Gasteiger partial charge in [-0.3, -0.25) is 9.80 Å². The van der Waals surface area contributed by atoms with Crippen molar-refractivity contribution < 1.29 is 4.74 Å². The second-order valence-electron chi connectivity index (χ2n) is 5.28. The summed E-state index contributed by atoms with van der Waals surface area (Å²) >= 11 is 0. The van der Waals surface area contributed by atoms with Crippen molar-refractivity contribution in [2.75, 3.05) is 33.0 Å². The zero-order valence-electron chi connectivity index (χ0n) is 11.0. The lowest BCUT2D eigenvalue weighted by Crippen LogP contribution is -2.55. The summed E-state index contributed by atoms with van der Waals surface area (Å²) < 4.78 is 5.70. The smallest absolute Gasteiger partial charge is 0.0993 e. The summed E-state index contributed by atoms with van der Waals surface area (Å²) in [6.45, 7) is 6.35. The first-order valence-corrected chi connectivity index (χ1v) is 6.63. The molecule has 2 heterocycles. The maximum atomic E-state index is 9.02. The van der Waals surface area contributed by atoms with Crippen molar-refractivity contribution in [3.63, 3.8) is 0 Å². The Balaban J connectivity index is 1.98. The lowest BCUT2D eigenvalue weighted by molar-refractivity contribution is -0.0121. The summed E-state index contributed by atoms with van der Waals surface area (Å²) in [5.74, 6) is 3.20. The molecule has 2 aliphatic rings. The molecule has 0 N–H and O–H groups in total. The molecule has 0 spiro atoms. The van der Waals surface area contributed by atoms with Gasteiger partial charge in [-0.25, -0.2) is 0 Å². The minimum absolute atomic E-state index is 0.00223. The summed E-state index contributed by atoms with van der Waals surface area (Å²) in [6, 6.07) is 2.81. The van der Waals surface area contributed by atoms with Crippen LogP contribution in [0.2, 0.25) is 0 Å². The predicted octanol–water partition coefficient (Wildman–Crippen LogP) is 0.902. The fraction of sp³-hybridized carbons (Fsp3) is 0.786. The highest BCUT2D eigenvalue weighted by atomic mass is 16.5. The monoisotopic (exact) mass is 247 g/mol. The Hall–Kier alpha value is -1.07. The molecule has 18 heavy (non-hydrogen) atoms. The molecule has 0 aliphatic carbocycles. The van der Waals surface area contributed by atoms with E-state index in [0.29, 0.717) is 18.7 Å². The summed E-state index contributed by atoms with van der Waals surface area (Å²) in [5, 5.41) is 9.02. The zero-order valence-corrected chi connectivity index (χ0v) is 11.0. The van der Waals surface area contributed by atoms with E-state index in [4.69, 9.17) is 16.4 Å². The number of nitrogens with zero attached hydrogens (tertiary/aromatic N) is 3. The molecule has 2 fully saturated rings. The van der Waals surface area contributed by atoms with Gasteiger partial charge in [0.1, 0.15) is 0 Å². The lowest BCUT2D eigenvalue weighted by Gasteiger charge is -2.41. The van der Waals surface area contributed by atoms with Crippen LogP contribution in [-0.4, -0.2) is 54.9 Å². The van der Waals surface area contributed by atoms with Crippen LogP contribution in [0.3, 0.4) is 0 Å². The van der Waals surface area contributed by atoms with E-state index in [0.717, 1.165) is 39.1 Å². The Morgan fingerprint density at radius 2 is 2.33 bits per heavy atom. The van der Waals surface area contributed by atoms with Crippen LogP contribution in [0.15, 0.2) is 0 Å². The average molecular weight is 247 g/mol. The van der Waals surface area contributed by atoms with Crippen LogP contribution < -0.4 is 0 Å².